The molecule has 1 aromatic rings. The summed E-state index contributed by atoms with van der Waals surface area (Å²) < 4.78 is 0. The summed E-state index contributed by atoms with van der Waals surface area (Å²) in [6, 6.07) is 4.56. The topological polar surface area (TPSA) is 108 Å². The highest BCUT2D eigenvalue weighted by molar-refractivity contribution is 5.90. The maximum Gasteiger partial charge on any atom is 0.267 e. The van der Waals surface area contributed by atoms with E-state index in [2.05, 4.69) is 10.3 Å². The van der Waals surface area contributed by atoms with Gasteiger partial charge in [0.05, 0.1) is 11.8 Å². The van der Waals surface area contributed by atoms with Crippen LogP contribution in [0.15, 0.2) is 18.2 Å². The monoisotopic (exact) mass is 239 g/mol. The first-order valence-corrected chi connectivity index (χ1v) is 5.33. The van der Waals surface area contributed by atoms with E-state index in [0.717, 1.165) is 0 Å². The third-order valence-corrected chi connectivity index (χ3v) is 2.38. The summed E-state index contributed by atoms with van der Waals surface area (Å²) >= 11 is 0. The van der Waals surface area contributed by atoms with Gasteiger partial charge in [-0.1, -0.05) is 6.07 Å². The minimum atomic E-state index is -1.12. The molecule has 0 aliphatic rings. The lowest BCUT2D eigenvalue weighted by Gasteiger charge is -2.17. The van der Waals surface area contributed by atoms with E-state index >= 15 is 0 Å². The summed E-state index contributed by atoms with van der Waals surface area (Å²) in [5, 5.41) is 22.4. The normalized spacial score (nSPS) is 14.3. The molecule has 5 N–H and O–H groups in total. The number of aliphatic hydroxyl groups excluding tert-OH is 2. The number of nitrogens with zero attached hydrogens (tertiary/aromatic N) is 1. The molecule has 1 amide bonds. The number of aromatic nitrogens is 1. The molecular weight excluding hydrogens is 222 g/mol. The van der Waals surface area contributed by atoms with Crippen LogP contribution in [-0.4, -0.2) is 40.8 Å². The summed E-state index contributed by atoms with van der Waals surface area (Å²) in [6.45, 7) is 0.577. The summed E-state index contributed by atoms with van der Waals surface area (Å²) in [7, 11) is 1.76. The molecule has 0 bridgehead atoms. The zero-order valence-electron chi connectivity index (χ0n) is 9.63. The van der Waals surface area contributed by atoms with Crippen LogP contribution in [0.3, 0.4) is 0 Å². The maximum absolute atomic E-state index is 10.9. The summed E-state index contributed by atoms with van der Waals surface area (Å²) in [5.41, 5.74) is 5.40. The number of hydrogen-bond donors (Lipinski definition) is 4. The number of pyridine rings is 1. The predicted octanol–water partition coefficient (Wildman–Crippen LogP) is -0.816. The van der Waals surface area contributed by atoms with Crippen LogP contribution in [-0.2, 0) is 0 Å². The van der Waals surface area contributed by atoms with E-state index in [-0.39, 0.29) is 11.4 Å². The number of primary amides is 1. The molecule has 2 atom stereocenters. The first kappa shape index (κ1) is 13.6. The summed E-state index contributed by atoms with van der Waals surface area (Å²) in [4.78, 5) is 14.8. The van der Waals surface area contributed by atoms with E-state index in [1.807, 2.05) is 0 Å². The second-order valence-corrected chi connectivity index (χ2v) is 3.72. The van der Waals surface area contributed by atoms with Gasteiger partial charge < -0.3 is 21.3 Å². The quantitative estimate of drug-likeness (QED) is 0.519. The Hall–Kier alpha value is -1.50. The van der Waals surface area contributed by atoms with Crippen molar-refractivity contribution in [2.24, 2.45) is 5.73 Å². The van der Waals surface area contributed by atoms with Gasteiger partial charge in [-0.15, -0.1) is 0 Å². The molecule has 6 nitrogen and oxygen atoms in total. The fourth-order valence-corrected chi connectivity index (χ4v) is 1.40. The highest BCUT2D eigenvalue weighted by atomic mass is 16.3. The van der Waals surface area contributed by atoms with Gasteiger partial charge in [-0.2, -0.15) is 0 Å². The second-order valence-electron chi connectivity index (χ2n) is 3.72. The van der Waals surface area contributed by atoms with Crippen molar-refractivity contribution >= 4 is 5.91 Å². The lowest BCUT2D eigenvalue weighted by atomic mass is 10.1. The highest BCUT2D eigenvalue weighted by Crippen LogP contribution is 2.16. The van der Waals surface area contributed by atoms with Gasteiger partial charge in [-0.25, -0.2) is 4.98 Å². The van der Waals surface area contributed by atoms with Crippen molar-refractivity contribution in [1.82, 2.24) is 10.3 Å². The van der Waals surface area contributed by atoms with E-state index in [1.165, 1.54) is 6.07 Å². The molecule has 0 fully saturated rings. The number of rotatable bonds is 6. The van der Waals surface area contributed by atoms with Crippen molar-refractivity contribution in [3.05, 3.63) is 29.6 Å². The predicted molar refractivity (Wildman–Crippen MR) is 62.3 cm³/mol. The Balaban J connectivity index is 2.77. The van der Waals surface area contributed by atoms with Crippen LogP contribution in [0.4, 0.5) is 0 Å². The molecule has 0 radical (unpaired) electrons. The molecule has 0 aliphatic heterocycles. The van der Waals surface area contributed by atoms with E-state index in [1.54, 1.807) is 19.2 Å². The first-order chi connectivity index (χ1) is 8.06. The van der Waals surface area contributed by atoms with Gasteiger partial charge in [0, 0.05) is 0 Å². The number of carbonyl (C=O) groups is 1. The van der Waals surface area contributed by atoms with Crippen LogP contribution >= 0.6 is 0 Å². The van der Waals surface area contributed by atoms with E-state index in [0.29, 0.717) is 13.0 Å². The number of carbonyl (C=O) groups excluding carboxylic acids is 1. The van der Waals surface area contributed by atoms with Gasteiger partial charge in [0.25, 0.3) is 5.91 Å². The van der Waals surface area contributed by atoms with Crippen LogP contribution in [0.5, 0.6) is 0 Å². The fraction of sp³-hybridized carbons (Fsp3) is 0.455. The van der Waals surface area contributed by atoms with Crippen molar-refractivity contribution in [2.75, 3.05) is 13.6 Å². The fourth-order valence-electron chi connectivity index (χ4n) is 1.40. The van der Waals surface area contributed by atoms with Gasteiger partial charge in [-0.05, 0) is 32.1 Å². The Kier molecular flexibility index (Phi) is 5.02. The molecule has 0 aromatic carbocycles. The molecule has 17 heavy (non-hydrogen) atoms. The number of nitrogens with one attached hydrogen (secondary N) is 1. The Morgan fingerprint density at radius 1 is 1.53 bits per heavy atom. The third-order valence-electron chi connectivity index (χ3n) is 2.38. The molecule has 0 saturated carbocycles. The van der Waals surface area contributed by atoms with E-state index in [4.69, 9.17) is 5.73 Å². The maximum atomic E-state index is 10.9. The second kappa shape index (κ2) is 6.29. The molecule has 0 aliphatic carbocycles. The van der Waals surface area contributed by atoms with Gasteiger partial charge in [0.2, 0.25) is 0 Å². The number of amides is 1. The molecule has 1 aromatic heterocycles. The van der Waals surface area contributed by atoms with Crippen LogP contribution in [0, 0.1) is 0 Å². The minimum absolute atomic E-state index is 0.0716. The van der Waals surface area contributed by atoms with E-state index < -0.39 is 18.1 Å². The first-order valence-electron chi connectivity index (χ1n) is 5.33. The molecule has 1 rings (SSSR count). The molecule has 1 heterocycles. The van der Waals surface area contributed by atoms with Gasteiger partial charge in [-0.3, -0.25) is 4.79 Å². The zero-order valence-corrected chi connectivity index (χ0v) is 9.63. The van der Waals surface area contributed by atoms with Crippen molar-refractivity contribution < 1.29 is 15.0 Å². The summed E-state index contributed by atoms with van der Waals surface area (Å²) in [6.07, 6.45) is -1.67. The Bertz CT molecular complexity index is 384. The number of nitrogens with two attached hydrogens (primary N) is 1. The highest BCUT2D eigenvalue weighted by Gasteiger charge is 2.19. The van der Waals surface area contributed by atoms with Crippen LogP contribution in [0.25, 0.3) is 0 Å². The number of aliphatic hydroxyl groups is 2. The molecule has 94 valence electrons. The summed E-state index contributed by atoms with van der Waals surface area (Å²) in [5.74, 6) is -0.663. The van der Waals surface area contributed by atoms with Crippen molar-refractivity contribution in [3.63, 3.8) is 0 Å². The standard InChI is InChI=1S/C11H17N3O3/c1-13-6-5-9(15)10(16)7-3-2-4-8(14-7)11(12)17/h2-4,9-10,13,15-16H,5-6H2,1H3,(H2,12,17). The molecule has 0 spiro atoms. The average Bonchev–Trinajstić information content (AvgIpc) is 2.35. The Labute approximate surface area is 99.5 Å². The number of hydrogen-bond acceptors (Lipinski definition) is 5. The zero-order chi connectivity index (χ0) is 12.8. The van der Waals surface area contributed by atoms with Crippen molar-refractivity contribution in [2.45, 2.75) is 18.6 Å². The molecule has 0 saturated heterocycles. The average molecular weight is 239 g/mol. The SMILES string of the molecule is CNCCC(O)C(O)c1cccc(C(N)=O)n1. The van der Waals surface area contributed by atoms with Crippen LogP contribution in [0.1, 0.15) is 28.7 Å². The Morgan fingerprint density at radius 2 is 2.24 bits per heavy atom. The third kappa shape index (κ3) is 3.77. The van der Waals surface area contributed by atoms with Crippen LogP contribution in [0.2, 0.25) is 0 Å². The van der Waals surface area contributed by atoms with Crippen molar-refractivity contribution in [3.8, 4) is 0 Å². The largest absolute Gasteiger partial charge is 0.390 e. The Morgan fingerprint density at radius 3 is 2.82 bits per heavy atom. The lowest BCUT2D eigenvalue weighted by Crippen LogP contribution is -2.24. The van der Waals surface area contributed by atoms with Gasteiger partial charge in [0.15, 0.2) is 0 Å². The van der Waals surface area contributed by atoms with Crippen LogP contribution < -0.4 is 11.1 Å². The smallest absolute Gasteiger partial charge is 0.267 e. The van der Waals surface area contributed by atoms with E-state index in [9.17, 15) is 15.0 Å². The van der Waals surface area contributed by atoms with Crippen molar-refractivity contribution in [1.29, 1.82) is 0 Å². The van der Waals surface area contributed by atoms with Gasteiger partial charge in [0.1, 0.15) is 11.8 Å². The minimum Gasteiger partial charge on any atom is -0.390 e. The molecular formula is C11H17N3O3. The molecule has 6 heteroatoms. The van der Waals surface area contributed by atoms with Gasteiger partial charge >= 0.3 is 0 Å². The lowest BCUT2D eigenvalue weighted by molar-refractivity contribution is 0.0114. The molecule has 2 unspecified atom stereocenters.